The van der Waals surface area contributed by atoms with E-state index in [4.69, 9.17) is 16.7 Å². The molecule has 0 saturated carbocycles. The number of halogens is 1. The van der Waals surface area contributed by atoms with Gasteiger partial charge < -0.3 is 20.5 Å². The van der Waals surface area contributed by atoms with E-state index in [9.17, 15) is 18.3 Å². The summed E-state index contributed by atoms with van der Waals surface area (Å²) in [7, 11) is -3.65. The Kier molecular flexibility index (Phi) is 5.91. The Morgan fingerprint density at radius 1 is 1.33 bits per heavy atom. The van der Waals surface area contributed by atoms with Gasteiger partial charge in [-0.1, -0.05) is 35.9 Å². The minimum atomic E-state index is -3.65. The fourth-order valence-corrected chi connectivity index (χ4v) is 6.90. The summed E-state index contributed by atoms with van der Waals surface area (Å²) in [5.41, 5.74) is 2.26. The molecule has 0 aliphatic heterocycles. The number of amides is 1. The average molecular weight is 469 g/mol. The molecule has 1 aliphatic rings. The van der Waals surface area contributed by atoms with Crippen LogP contribution in [0.1, 0.15) is 27.5 Å². The monoisotopic (exact) mass is 468 g/mol. The fourth-order valence-electron chi connectivity index (χ4n) is 3.98. The van der Waals surface area contributed by atoms with Crippen LogP contribution in [0.3, 0.4) is 0 Å². The van der Waals surface area contributed by atoms with Gasteiger partial charge in [-0.25, -0.2) is 8.42 Å². The molecule has 3 aromatic rings. The Morgan fingerprint density at radius 2 is 2.10 bits per heavy atom. The lowest BCUT2D eigenvalue weighted by atomic mass is 10.0. The number of benzene rings is 1. The van der Waals surface area contributed by atoms with Crippen molar-refractivity contribution in [2.45, 2.75) is 24.5 Å². The number of fused-ring (bicyclic) bond motifs is 2. The lowest BCUT2D eigenvalue weighted by Crippen LogP contribution is -2.41. The van der Waals surface area contributed by atoms with Crippen LogP contribution in [0.4, 0.5) is 0 Å². The molecule has 1 amide bonds. The van der Waals surface area contributed by atoms with E-state index in [2.05, 4.69) is 10.3 Å². The Labute approximate surface area is 182 Å². The lowest BCUT2D eigenvalue weighted by Gasteiger charge is -2.22. The molecule has 0 saturated heterocycles. The third-order valence-electron chi connectivity index (χ3n) is 5.31. The zero-order valence-electron chi connectivity index (χ0n) is 15.8. The van der Waals surface area contributed by atoms with Crippen molar-refractivity contribution in [3.63, 3.8) is 0 Å². The van der Waals surface area contributed by atoms with Gasteiger partial charge in [-0.3, -0.25) is 4.79 Å². The first-order chi connectivity index (χ1) is 14.3. The maximum Gasteiger partial charge on any atom is 0.268 e. The van der Waals surface area contributed by atoms with Crippen LogP contribution in [-0.2, 0) is 16.3 Å². The number of aromatic amines is 1. The quantitative estimate of drug-likeness (QED) is 0.423. The van der Waals surface area contributed by atoms with E-state index in [1.807, 2.05) is 24.3 Å². The summed E-state index contributed by atoms with van der Waals surface area (Å²) in [5, 5.41) is 22.4. The van der Waals surface area contributed by atoms with E-state index in [0.29, 0.717) is 16.5 Å². The van der Waals surface area contributed by atoms with Crippen molar-refractivity contribution in [1.82, 2.24) is 10.3 Å². The molecule has 0 spiro atoms. The number of rotatable bonds is 7. The second-order valence-corrected chi connectivity index (χ2v) is 11.4. The minimum Gasteiger partial charge on any atom is -0.394 e. The predicted octanol–water partition coefficient (Wildman–Crippen LogP) is 2.09. The largest absolute Gasteiger partial charge is 0.394 e. The maximum absolute atomic E-state index is 12.8. The van der Waals surface area contributed by atoms with Crippen LogP contribution in [0.2, 0.25) is 4.34 Å². The normalized spacial score (nSPS) is 19.7. The second kappa shape index (κ2) is 8.32. The van der Waals surface area contributed by atoms with Gasteiger partial charge in [0, 0.05) is 17.3 Å². The highest BCUT2D eigenvalue weighted by molar-refractivity contribution is 7.91. The third kappa shape index (κ3) is 4.40. The molecule has 0 radical (unpaired) electrons. The highest BCUT2D eigenvalue weighted by atomic mass is 35.5. The molecular weight excluding hydrogens is 448 g/mol. The highest BCUT2D eigenvalue weighted by Gasteiger charge is 2.37. The van der Waals surface area contributed by atoms with Crippen LogP contribution in [-0.4, -0.2) is 59.8 Å². The second-order valence-electron chi connectivity index (χ2n) is 7.52. The number of H-pyrrole nitrogens is 1. The van der Waals surface area contributed by atoms with Crippen molar-refractivity contribution in [3.05, 3.63) is 57.6 Å². The van der Waals surface area contributed by atoms with Gasteiger partial charge in [0.25, 0.3) is 5.91 Å². The minimum absolute atomic E-state index is 0.221. The Balaban J connectivity index is 1.56. The number of carbonyl (C=O) groups excluding carboxylic acids is 1. The van der Waals surface area contributed by atoms with Crippen molar-refractivity contribution >= 4 is 48.9 Å². The van der Waals surface area contributed by atoms with Gasteiger partial charge in [-0.15, -0.1) is 11.3 Å². The van der Waals surface area contributed by atoms with E-state index >= 15 is 0 Å². The Bertz CT molecular complexity index is 1160. The van der Waals surface area contributed by atoms with E-state index in [1.54, 1.807) is 12.1 Å². The number of aromatic nitrogens is 1. The van der Waals surface area contributed by atoms with Crippen LogP contribution in [0.25, 0.3) is 10.2 Å². The van der Waals surface area contributed by atoms with E-state index in [-0.39, 0.29) is 11.7 Å². The van der Waals surface area contributed by atoms with Crippen molar-refractivity contribution in [2.75, 3.05) is 18.1 Å². The SMILES string of the molecule is O=C(N[C@@H]1Cc2ccccc2[C@@H]1CS(=O)(=O)CC(O)CO)c1cc2cc(Cl)sc2[nH]1. The van der Waals surface area contributed by atoms with Crippen LogP contribution in [0.5, 0.6) is 0 Å². The summed E-state index contributed by atoms with van der Waals surface area (Å²) in [6.07, 6.45) is -0.802. The summed E-state index contributed by atoms with van der Waals surface area (Å²) >= 11 is 7.33. The van der Waals surface area contributed by atoms with Crippen molar-refractivity contribution in [1.29, 1.82) is 0 Å². The van der Waals surface area contributed by atoms with Gasteiger partial charge in [0.15, 0.2) is 9.84 Å². The smallest absolute Gasteiger partial charge is 0.268 e. The first-order valence-corrected chi connectivity index (χ1v) is 12.4. The Morgan fingerprint density at radius 3 is 2.83 bits per heavy atom. The Hall–Kier alpha value is -1.91. The van der Waals surface area contributed by atoms with Gasteiger partial charge in [-0.05, 0) is 29.7 Å². The number of aliphatic hydroxyl groups excluding tert-OH is 2. The van der Waals surface area contributed by atoms with E-state index in [1.165, 1.54) is 11.3 Å². The van der Waals surface area contributed by atoms with Crippen LogP contribution >= 0.6 is 22.9 Å². The zero-order chi connectivity index (χ0) is 21.5. The predicted molar refractivity (Wildman–Crippen MR) is 117 cm³/mol. The van der Waals surface area contributed by atoms with Crippen molar-refractivity contribution < 1.29 is 23.4 Å². The maximum atomic E-state index is 12.8. The summed E-state index contributed by atoms with van der Waals surface area (Å²) < 4.78 is 25.8. The summed E-state index contributed by atoms with van der Waals surface area (Å²) in [6.45, 7) is -0.616. The molecule has 0 bridgehead atoms. The molecule has 1 unspecified atom stereocenters. The van der Waals surface area contributed by atoms with E-state index in [0.717, 1.165) is 21.3 Å². The summed E-state index contributed by atoms with van der Waals surface area (Å²) in [4.78, 5) is 16.7. The van der Waals surface area contributed by atoms with Gasteiger partial charge in [-0.2, -0.15) is 0 Å². The van der Waals surface area contributed by atoms with Gasteiger partial charge in [0.1, 0.15) is 10.5 Å². The number of carbonyl (C=O) groups is 1. The molecule has 4 rings (SSSR count). The summed E-state index contributed by atoms with van der Waals surface area (Å²) in [5.74, 6) is -1.49. The number of hydrogen-bond donors (Lipinski definition) is 4. The number of nitrogens with one attached hydrogen (secondary N) is 2. The van der Waals surface area contributed by atoms with Gasteiger partial charge in [0.2, 0.25) is 0 Å². The zero-order valence-corrected chi connectivity index (χ0v) is 18.2. The number of sulfone groups is 1. The number of aliphatic hydroxyl groups is 2. The van der Waals surface area contributed by atoms with Crippen LogP contribution in [0.15, 0.2) is 36.4 Å². The molecule has 10 heteroatoms. The number of hydrogen-bond acceptors (Lipinski definition) is 6. The topological polar surface area (TPSA) is 119 Å². The summed E-state index contributed by atoms with van der Waals surface area (Å²) in [6, 6.07) is 10.6. The van der Waals surface area contributed by atoms with Gasteiger partial charge in [0.05, 0.1) is 28.6 Å². The highest BCUT2D eigenvalue weighted by Crippen LogP contribution is 2.35. The van der Waals surface area contributed by atoms with Crippen LogP contribution in [0, 0.1) is 0 Å². The molecule has 3 atom stereocenters. The van der Waals surface area contributed by atoms with E-state index < -0.39 is 40.3 Å². The lowest BCUT2D eigenvalue weighted by molar-refractivity contribution is 0.0930. The average Bonchev–Trinajstić information content (AvgIpc) is 3.32. The standard InChI is InChI=1S/C20H21ClN2O5S2/c21-18-7-12-6-17(23-20(12)29-18)19(26)22-16-5-11-3-1-2-4-14(11)15(16)10-30(27,28)9-13(25)8-24/h1-4,6-7,13,15-16,23-25H,5,8-10H2,(H,22,26)/t13?,15-,16+/m0/s1. The molecule has 1 aliphatic carbocycles. The molecular formula is C20H21ClN2O5S2. The van der Waals surface area contributed by atoms with Gasteiger partial charge >= 0.3 is 0 Å². The molecule has 7 nitrogen and oxygen atoms in total. The fraction of sp³-hybridized carbons (Fsp3) is 0.350. The first kappa shape index (κ1) is 21.3. The molecule has 160 valence electrons. The number of thiophene rings is 1. The third-order valence-corrected chi connectivity index (χ3v) is 8.27. The molecule has 4 N–H and O–H groups in total. The van der Waals surface area contributed by atoms with Crippen molar-refractivity contribution in [3.8, 4) is 0 Å². The van der Waals surface area contributed by atoms with Crippen LogP contribution < -0.4 is 5.32 Å². The first-order valence-electron chi connectivity index (χ1n) is 9.42. The molecule has 2 aromatic heterocycles. The molecule has 1 aromatic carbocycles. The molecule has 0 fully saturated rings. The van der Waals surface area contributed by atoms with Crippen molar-refractivity contribution in [2.24, 2.45) is 0 Å². The molecule has 2 heterocycles. The molecule has 30 heavy (non-hydrogen) atoms.